The smallest absolute Gasteiger partial charge is 0.0561 e. The molecule has 5 heteroatoms. The second-order valence-corrected chi connectivity index (χ2v) is 22.3. The molecule has 0 saturated carbocycles. The minimum atomic E-state index is 1.08. The van der Waals surface area contributed by atoms with Gasteiger partial charge in [0, 0.05) is 83.5 Å². The number of para-hydroxylation sites is 4. The summed E-state index contributed by atoms with van der Waals surface area (Å²) in [6.45, 7) is 4.38. The summed E-state index contributed by atoms with van der Waals surface area (Å²) in [4.78, 5) is 4.73. The highest BCUT2D eigenvalue weighted by Gasteiger charge is 2.23. The molecular formula is C78H53N5. The molecule has 0 aliphatic carbocycles. The van der Waals surface area contributed by atoms with Crippen molar-refractivity contribution in [1.82, 2.24) is 13.7 Å². The Labute approximate surface area is 479 Å². The van der Waals surface area contributed by atoms with Crippen molar-refractivity contribution in [1.29, 1.82) is 0 Å². The molecule has 0 saturated heterocycles. The summed E-state index contributed by atoms with van der Waals surface area (Å²) in [5.74, 6) is 0. The molecule has 0 radical (unpaired) electrons. The fraction of sp³-hybridized carbons (Fsp3) is 0.0256. The van der Waals surface area contributed by atoms with Crippen molar-refractivity contribution in [3.8, 4) is 17.1 Å². The Balaban J connectivity index is 0.938. The van der Waals surface area contributed by atoms with Crippen LogP contribution in [0.2, 0.25) is 0 Å². The second kappa shape index (κ2) is 18.3. The quantitative estimate of drug-likeness (QED) is 0.134. The van der Waals surface area contributed by atoms with E-state index in [2.05, 4.69) is 322 Å². The summed E-state index contributed by atoms with van der Waals surface area (Å²) in [7, 11) is 0. The normalized spacial score (nSPS) is 12.0. The van der Waals surface area contributed by atoms with Crippen LogP contribution >= 0.6 is 0 Å². The maximum Gasteiger partial charge on any atom is 0.0561 e. The van der Waals surface area contributed by atoms with Crippen LogP contribution in [0.3, 0.4) is 0 Å². The molecule has 0 atom stereocenters. The first-order valence-corrected chi connectivity index (χ1v) is 28.6. The van der Waals surface area contributed by atoms with Crippen LogP contribution in [0.4, 0.5) is 34.1 Å². The highest BCUT2D eigenvalue weighted by atomic mass is 15.2. The second-order valence-electron chi connectivity index (χ2n) is 22.3. The molecule has 17 aromatic rings. The van der Waals surface area contributed by atoms with Gasteiger partial charge in [-0.25, -0.2) is 0 Å². The summed E-state index contributed by atoms with van der Waals surface area (Å²) in [5, 5.41) is 14.9. The predicted octanol–water partition coefficient (Wildman–Crippen LogP) is 21.4. The number of nitrogens with zero attached hydrogens (tertiary/aromatic N) is 5. The Morgan fingerprint density at radius 3 is 0.976 bits per heavy atom. The molecule has 0 N–H and O–H groups in total. The van der Waals surface area contributed by atoms with Gasteiger partial charge in [0.2, 0.25) is 0 Å². The molecule has 0 aliphatic rings. The minimum Gasteiger partial charge on any atom is -0.310 e. The number of rotatable bonds is 9. The van der Waals surface area contributed by atoms with Crippen LogP contribution in [-0.4, -0.2) is 13.7 Å². The van der Waals surface area contributed by atoms with Crippen molar-refractivity contribution in [2.45, 2.75) is 13.8 Å². The molecule has 390 valence electrons. The molecule has 0 fully saturated rings. The Morgan fingerprint density at radius 2 is 0.566 bits per heavy atom. The summed E-state index contributed by atoms with van der Waals surface area (Å²) < 4.78 is 7.48. The average Bonchev–Trinajstić information content (AvgIpc) is 2.18. The van der Waals surface area contributed by atoms with Gasteiger partial charge in [-0.2, -0.15) is 0 Å². The molecule has 0 spiro atoms. The van der Waals surface area contributed by atoms with Gasteiger partial charge in [-0.3, -0.25) is 0 Å². The minimum absolute atomic E-state index is 1.08. The first-order chi connectivity index (χ1) is 41.0. The van der Waals surface area contributed by atoms with Gasteiger partial charge in [-0.1, -0.05) is 151 Å². The van der Waals surface area contributed by atoms with Gasteiger partial charge in [0.25, 0.3) is 0 Å². The van der Waals surface area contributed by atoms with E-state index < -0.39 is 0 Å². The molecule has 5 nitrogen and oxygen atoms in total. The van der Waals surface area contributed by atoms with Gasteiger partial charge in [-0.15, -0.1) is 0 Å². The van der Waals surface area contributed by atoms with Gasteiger partial charge in [-0.05, 0) is 192 Å². The van der Waals surface area contributed by atoms with Crippen LogP contribution in [0.15, 0.2) is 285 Å². The van der Waals surface area contributed by atoms with Gasteiger partial charge in [0.15, 0.2) is 0 Å². The van der Waals surface area contributed by atoms with Gasteiger partial charge in [0.1, 0.15) is 0 Å². The molecule has 0 unspecified atom stereocenters. The number of hydrogen-bond acceptors (Lipinski definition) is 2. The third-order valence-electron chi connectivity index (χ3n) is 17.3. The highest BCUT2D eigenvalue weighted by Crippen LogP contribution is 2.46. The zero-order valence-electron chi connectivity index (χ0n) is 45.9. The lowest BCUT2D eigenvalue weighted by atomic mass is 9.94. The van der Waals surface area contributed by atoms with Gasteiger partial charge in [0.05, 0.1) is 33.1 Å². The zero-order valence-corrected chi connectivity index (χ0v) is 45.9. The molecule has 83 heavy (non-hydrogen) atoms. The standard InChI is InChI=1S/C78H53N5/c1-50-26-38-71-67(42-50)68-43-51(2)27-39-72(68)81(71)62-32-36-65-66-37-33-63(49-76(66)83(75(65)48-62)64-44-54-30-28-52-16-15-17-53-29-31-55(45-64)78(54)77(52)53)82-73-40-34-60(79(56-18-7-3-8-19-56)57-20-9-4-10-21-57)46-69(73)70-47-61(35-41-74(70)82)80(58-22-11-5-12-23-58)59-24-13-6-14-25-59/h3-49H,1-2H3. The highest BCUT2D eigenvalue weighted by molar-refractivity contribution is 6.24. The topological polar surface area (TPSA) is 21.3 Å². The van der Waals surface area contributed by atoms with E-state index in [0.29, 0.717) is 0 Å². The summed E-state index contributed by atoms with van der Waals surface area (Å²) in [6.07, 6.45) is 0. The van der Waals surface area contributed by atoms with E-state index >= 15 is 0 Å². The van der Waals surface area contributed by atoms with Crippen molar-refractivity contribution in [3.05, 3.63) is 296 Å². The van der Waals surface area contributed by atoms with E-state index in [-0.39, 0.29) is 0 Å². The Morgan fingerprint density at radius 1 is 0.217 bits per heavy atom. The molecule has 3 aromatic heterocycles. The number of aryl methyl sites for hydroxylation is 2. The summed E-state index contributed by atoms with van der Waals surface area (Å²) in [5.41, 5.74) is 19.3. The van der Waals surface area contributed by atoms with E-state index in [1.165, 1.54) is 76.0 Å². The van der Waals surface area contributed by atoms with Crippen molar-refractivity contribution in [2.75, 3.05) is 9.80 Å². The molecule has 3 heterocycles. The van der Waals surface area contributed by atoms with E-state index in [9.17, 15) is 0 Å². The van der Waals surface area contributed by atoms with Crippen LogP contribution in [0.5, 0.6) is 0 Å². The molecule has 0 bridgehead atoms. The number of fused-ring (bicyclic) bond motifs is 9. The first kappa shape index (κ1) is 47.0. The fourth-order valence-corrected chi connectivity index (χ4v) is 13.7. The van der Waals surface area contributed by atoms with Gasteiger partial charge < -0.3 is 23.5 Å². The van der Waals surface area contributed by atoms with E-state index in [4.69, 9.17) is 0 Å². The van der Waals surface area contributed by atoms with E-state index in [1.54, 1.807) is 0 Å². The maximum atomic E-state index is 2.54. The Bertz CT molecular complexity index is 5060. The third-order valence-corrected chi connectivity index (χ3v) is 17.3. The van der Waals surface area contributed by atoms with Crippen LogP contribution in [0, 0.1) is 13.8 Å². The van der Waals surface area contributed by atoms with E-state index in [1.807, 2.05) is 0 Å². The Kier molecular flexibility index (Phi) is 10.4. The lowest BCUT2D eigenvalue weighted by molar-refractivity contribution is 1.15. The third kappa shape index (κ3) is 7.34. The lowest BCUT2D eigenvalue weighted by Gasteiger charge is -2.26. The largest absolute Gasteiger partial charge is 0.310 e. The van der Waals surface area contributed by atoms with Crippen molar-refractivity contribution < 1.29 is 0 Å². The summed E-state index contributed by atoms with van der Waals surface area (Å²) >= 11 is 0. The molecule has 0 aliphatic heterocycles. The number of anilines is 6. The monoisotopic (exact) mass is 1060 g/mol. The molecule has 0 amide bonds. The van der Waals surface area contributed by atoms with Crippen molar-refractivity contribution in [3.63, 3.8) is 0 Å². The van der Waals surface area contributed by atoms with Crippen molar-refractivity contribution >= 4 is 132 Å². The number of aromatic nitrogens is 3. The van der Waals surface area contributed by atoms with Crippen LogP contribution in [0.25, 0.3) is 115 Å². The lowest BCUT2D eigenvalue weighted by Crippen LogP contribution is -2.09. The van der Waals surface area contributed by atoms with Crippen LogP contribution in [-0.2, 0) is 0 Å². The number of benzene rings is 14. The fourth-order valence-electron chi connectivity index (χ4n) is 13.7. The average molecular weight is 1060 g/mol. The molecular weight excluding hydrogens is 1010 g/mol. The van der Waals surface area contributed by atoms with Crippen LogP contribution < -0.4 is 9.80 Å². The molecule has 17 rings (SSSR count). The number of hydrogen-bond donors (Lipinski definition) is 0. The van der Waals surface area contributed by atoms with Crippen molar-refractivity contribution in [2.24, 2.45) is 0 Å². The maximum absolute atomic E-state index is 2.54. The Hall–Kier alpha value is -10.9. The predicted molar refractivity (Wildman–Crippen MR) is 352 cm³/mol. The zero-order chi connectivity index (χ0) is 54.9. The van der Waals surface area contributed by atoms with E-state index in [0.717, 1.165) is 84.0 Å². The first-order valence-electron chi connectivity index (χ1n) is 28.6. The SMILES string of the molecule is Cc1ccc2c(c1)c1cc(C)ccc1n2-c1ccc2c3ccc(-n4c5ccc(N(c6ccccc6)c6ccccc6)cc5c5cc(N(c6ccccc6)c6ccccc6)ccc54)cc3n(-c3cc4ccc5cccc6ccc(c3)c4c56)c2c1. The van der Waals surface area contributed by atoms with Crippen LogP contribution in [0.1, 0.15) is 11.1 Å². The van der Waals surface area contributed by atoms with Gasteiger partial charge >= 0.3 is 0 Å². The molecule has 14 aromatic carbocycles. The summed E-state index contributed by atoms with van der Waals surface area (Å²) in [6, 6.07) is 106.